The quantitative estimate of drug-likeness (QED) is 0.357. The number of nitro benzene ring substituents is 1. The monoisotopic (exact) mass is 415 g/mol. The Hall–Kier alpha value is -3.95. The number of hydrogen-bond acceptors (Lipinski definition) is 7. The Labute approximate surface area is 172 Å². The maximum Gasteiger partial charge on any atom is 0.328 e. The molecule has 0 unspecified atom stereocenters. The molecule has 0 saturated heterocycles. The van der Waals surface area contributed by atoms with E-state index in [1.54, 1.807) is 36.4 Å². The van der Waals surface area contributed by atoms with Crippen LogP contribution in [0.15, 0.2) is 48.5 Å². The molecule has 1 atom stereocenters. The average Bonchev–Trinajstić information content (AvgIpc) is 2.76. The second-order valence-corrected chi connectivity index (χ2v) is 6.16. The first-order valence-electron chi connectivity index (χ1n) is 8.87. The highest BCUT2D eigenvalue weighted by atomic mass is 16.6. The maximum atomic E-state index is 12.2. The van der Waals surface area contributed by atoms with E-state index in [4.69, 9.17) is 9.47 Å². The smallest absolute Gasteiger partial charge is 0.328 e. The van der Waals surface area contributed by atoms with Gasteiger partial charge in [0.25, 0.3) is 5.91 Å². The van der Waals surface area contributed by atoms with Crippen molar-refractivity contribution >= 4 is 23.5 Å². The van der Waals surface area contributed by atoms with Gasteiger partial charge in [0.1, 0.15) is 6.04 Å². The number of nitrogens with zero attached hydrogens (tertiary/aromatic N) is 1. The van der Waals surface area contributed by atoms with Gasteiger partial charge in [-0.3, -0.25) is 19.7 Å². The lowest BCUT2D eigenvalue weighted by molar-refractivity contribution is -0.385. The molecule has 2 aromatic rings. The van der Waals surface area contributed by atoms with E-state index in [0.717, 1.165) is 7.11 Å². The number of benzene rings is 2. The van der Waals surface area contributed by atoms with E-state index in [0.29, 0.717) is 11.1 Å². The van der Waals surface area contributed by atoms with Crippen LogP contribution in [-0.4, -0.2) is 49.5 Å². The van der Waals surface area contributed by atoms with Gasteiger partial charge in [-0.05, 0) is 23.8 Å². The molecular formula is C20H21N3O7. The molecule has 158 valence electrons. The molecule has 0 aliphatic heterocycles. The van der Waals surface area contributed by atoms with Gasteiger partial charge in [0, 0.05) is 18.1 Å². The van der Waals surface area contributed by atoms with Crippen molar-refractivity contribution in [1.29, 1.82) is 0 Å². The van der Waals surface area contributed by atoms with Crippen LogP contribution in [0.25, 0.3) is 0 Å². The molecule has 30 heavy (non-hydrogen) atoms. The molecule has 0 heterocycles. The molecule has 0 radical (unpaired) electrons. The number of carbonyl (C=O) groups is 3. The molecule has 2 aromatic carbocycles. The number of rotatable bonds is 9. The van der Waals surface area contributed by atoms with Gasteiger partial charge in [-0.25, -0.2) is 4.79 Å². The van der Waals surface area contributed by atoms with Gasteiger partial charge in [-0.1, -0.05) is 24.3 Å². The van der Waals surface area contributed by atoms with Crippen molar-refractivity contribution in [1.82, 2.24) is 10.6 Å². The summed E-state index contributed by atoms with van der Waals surface area (Å²) in [5.41, 5.74) is 0.548. The number of esters is 1. The van der Waals surface area contributed by atoms with Crippen LogP contribution in [0, 0.1) is 10.1 Å². The van der Waals surface area contributed by atoms with Crippen molar-refractivity contribution in [2.24, 2.45) is 0 Å². The number of amides is 2. The first-order chi connectivity index (χ1) is 14.3. The zero-order chi connectivity index (χ0) is 22.1. The van der Waals surface area contributed by atoms with E-state index in [-0.39, 0.29) is 24.4 Å². The highest BCUT2D eigenvalue weighted by Crippen LogP contribution is 2.28. The van der Waals surface area contributed by atoms with Gasteiger partial charge >= 0.3 is 11.7 Å². The molecule has 0 aliphatic carbocycles. The van der Waals surface area contributed by atoms with E-state index in [9.17, 15) is 24.5 Å². The topological polar surface area (TPSA) is 137 Å². The van der Waals surface area contributed by atoms with Gasteiger partial charge in [0.05, 0.1) is 25.7 Å². The Kier molecular flexibility index (Phi) is 7.86. The summed E-state index contributed by atoms with van der Waals surface area (Å²) in [6, 6.07) is 11.5. The number of methoxy groups -OCH3 is 2. The summed E-state index contributed by atoms with van der Waals surface area (Å²) in [4.78, 5) is 46.9. The lowest BCUT2D eigenvalue weighted by Crippen LogP contribution is -2.47. The minimum Gasteiger partial charge on any atom is -0.490 e. The van der Waals surface area contributed by atoms with Crippen LogP contribution in [0.3, 0.4) is 0 Å². The van der Waals surface area contributed by atoms with Crippen molar-refractivity contribution in [3.8, 4) is 5.75 Å². The molecule has 2 rings (SSSR count). The summed E-state index contributed by atoms with van der Waals surface area (Å²) in [6.45, 7) is -0.357. The number of nitro groups is 1. The molecule has 2 N–H and O–H groups in total. The Morgan fingerprint density at radius 3 is 2.40 bits per heavy atom. The number of hydrogen-bond donors (Lipinski definition) is 2. The largest absolute Gasteiger partial charge is 0.490 e. The molecule has 2 amide bonds. The predicted molar refractivity (Wildman–Crippen MR) is 106 cm³/mol. The maximum absolute atomic E-state index is 12.2. The van der Waals surface area contributed by atoms with E-state index in [1.807, 2.05) is 0 Å². The average molecular weight is 415 g/mol. The third kappa shape index (κ3) is 6.03. The summed E-state index contributed by atoms with van der Waals surface area (Å²) in [5.74, 6) is -1.70. The lowest BCUT2D eigenvalue weighted by Gasteiger charge is -2.17. The molecule has 0 aromatic heterocycles. The van der Waals surface area contributed by atoms with E-state index in [2.05, 4.69) is 10.6 Å². The van der Waals surface area contributed by atoms with Gasteiger partial charge in [-0.2, -0.15) is 0 Å². The van der Waals surface area contributed by atoms with E-state index >= 15 is 0 Å². The third-order valence-electron chi connectivity index (χ3n) is 4.15. The van der Waals surface area contributed by atoms with Crippen LogP contribution in [0.4, 0.5) is 5.69 Å². The molecule has 0 fully saturated rings. The molecule has 10 nitrogen and oxygen atoms in total. The number of ether oxygens (including phenoxy) is 2. The highest BCUT2D eigenvalue weighted by Gasteiger charge is 2.24. The van der Waals surface area contributed by atoms with E-state index in [1.165, 1.54) is 19.2 Å². The van der Waals surface area contributed by atoms with Gasteiger partial charge < -0.3 is 20.1 Å². The number of nitrogens with one attached hydrogen (secondary N) is 2. The first kappa shape index (κ1) is 22.3. The second kappa shape index (κ2) is 10.6. The third-order valence-corrected chi connectivity index (χ3v) is 4.15. The highest BCUT2D eigenvalue weighted by molar-refractivity contribution is 5.96. The predicted octanol–water partition coefficient (Wildman–Crippen LogP) is 1.23. The fourth-order valence-electron chi connectivity index (χ4n) is 2.67. The Bertz CT molecular complexity index is 931. The van der Waals surface area contributed by atoms with Crippen LogP contribution in [0.2, 0.25) is 0 Å². The van der Waals surface area contributed by atoms with E-state index < -0.39 is 28.7 Å². The standard InChI is InChI=1S/C20H21N3O7/c1-29-17-9-8-13(11-16(17)23(27)28)10-15(20(26)30-2)22-18(24)12-21-19(25)14-6-4-3-5-7-14/h3-9,11,15H,10,12H2,1-2H3,(H,21,25)(H,22,24)/t15-/m1/s1. The fourth-order valence-corrected chi connectivity index (χ4v) is 2.67. The molecule has 0 bridgehead atoms. The lowest BCUT2D eigenvalue weighted by atomic mass is 10.0. The minimum atomic E-state index is -1.09. The fraction of sp³-hybridized carbons (Fsp3) is 0.250. The van der Waals surface area contributed by atoms with Gasteiger partial charge in [-0.15, -0.1) is 0 Å². The molecule has 0 spiro atoms. The molecule has 0 aliphatic rings. The van der Waals surface area contributed by atoms with Crippen molar-refractivity contribution in [2.45, 2.75) is 12.5 Å². The van der Waals surface area contributed by atoms with Crippen LogP contribution < -0.4 is 15.4 Å². The Morgan fingerprint density at radius 2 is 1.80 bits per heavy atom. The zero-order valence-corrected chi connectivity index (χ0v) is 16.4. The Morgan fingerprint density at radius 1 is 1.10 bits per heavy atom. The zero-order valence-electron chi connectivity index (χ0n) is 16.4. The summed E-state index contributed by atoms with van der Waals surface area (Å²) >= 11 is 0. The van der Waals surface area contributed by atoms with Gasteiger partial charge in [0.15, 0.2) is 5.75 Å². The van der Waals surface area contributed by atoms with Crippen LogP contribution in [-0.2, 0) is 20.7 Å². The van der Waals surface area contributed by atoms with Crippen molar-refractivity contribution in [3.05, 3.63) is 69.8 Å². The van der Waals surface area contributed by atoms with Crippen molar-refractivity contribution < 1.29 is 28.8 Å². The molecule has 10 heteroatoms. The van der Waals surface area contributed by atoms with Crippen molar-refractivity contribution in [2.75, 3.05) is 20.8 Å². The van der Waals surface area contributed by atoms with Crippen LogP contribution >= 0.6 is 0 Å². The van der Waals surface area contributed by atoms with Crippen molar-refractivity contribution in [3.63, 3.8) is 0 Å². The summed E-state index contributed by atoms with van der Waals surface area (Å²) in [7, 11) is 2.47. The normalized spacial score (nSPS) is 11.1. The van der Waals surface area contributed by atoms with Crippen LogP contribution in [0.1, 0.15) is 15.9 Å². The Balaban J connectivity index is 2.04. The van der Waals surface area contributed by atoms with Crippen LogP contribution in [0.5, 0.6) is 5.75 Å². The first-order valence-corrected chi connectivity index (χ1v) is 8.87. The summed E-state index contributed by atoms with van der Waals surface area (Å²) in [6.07, 6.45) is -0.0458. The number of carbonyl (C=O) groups excluding carboxylic acids is 3. The minimum absolute atomic E-state index is 0.0458. The summed E-state index contributed by atoms with van der Waals surface area (Å²) < 4.78 is 9.65. The molecular weight excluding hydrogens is 394 g/mol. The molecule has 0 saturated carbocycles. The second-order valence-electron chi connectivity index (χ2n) is 6.16. The summed E-state index contributed by atoms with van der Waals surface area (Å²) in [5, 5.41) is 16.1. The SMILES string of the molecule is COC(=O)[C@@H](Cc1ccc(OC)c([N+](=O)[O-])c1)NC(=O)CNC(=O)c1ccccc1. The van der Waals surface area contributed by atoms with Gasteiger partial charge in [0.2, 0.25) is 5.91 Å².